The maximum absolute atomic E-state index is 12.5. The largest absolute Gasteiger partial charge is 0.507 e. The molecule has 1 fully saturated rings. The lowest BCUT2D eigenvalue weighted by molar-refractivity contribution is 0.0425. The SMILES string of the molecule is O=C(OCC1CCOC1)c1ccc(CS(=O)(=O)c2cc(Cl)c(Cl)s2)cc1O. The van der Waals surface area contributed by atoms with Gasteiger partial charge >= 0.3 is 5.97 Å². The Balaban J connectivity index is 1.69. The zero-order valence-corrected chi connectivity index (χ0v) is 17.1. The van der Waals surface area contributed by atoms with Gasteiger partial charge in [0.05, 0.1) is 24.0 Å². The maximum Gasteiger partial charge on any atom is 0.341 e. The van der Waals surface area contributed by atoms with Crippen LogP contribution >= 0.6 is 34.5 Å². The molecule has 6 nitrogen and oxygen atoms in total. The molecule has 1 aromatic heterocycles. The van der Waals surface area contributed by atoms with Crippen LogP contribution in [0, 0.1) is 5.92 Å². The summed E-state index contributed by atoms with van der Waals surface area (Å²) in [5, 5.41) is 10.3. The number of esters is 1. The number of carbonyl (C=O) groups is 1. The van der Waals surface area contributed by atoms with E-state index in [1.165, 1.54) is 24.3 Å². The van der Waals surface area contributed by atoms with Crippen LogP contribution in [0.2, 0.25) is 9.36 Å². The molecule has 0 radical (unpaired) electrons. The van der Waals surface area contributed by atoms with E-state index >= 15 is 0 Å². The topological polar surface area (TPSA) is 89.9 Å². The fraction of sp³-hybridized carbons (Fsp3) is 0.353. The van der Waals surface area contributed by atoms with E-state index in [-0.39, 0.29) is 43.2 Å². The lowest BCUT2D eigenvalue weighted by Crippen LogP contribution is -2.14. The zero-order valence-electron chi connectivity index (χ0n) is 14.0. The molecule has 2 aromatic rings. The molecule has 1 aliphatic rings. The summed E-state index contributed by atoms with van der Waals surface area (Å²) in [5.41, 5.74) is 0.311. The Morgan fingerprint density at radius 3 is 2.70 bits per heavy atom. The molecule has 1 atom stereocenters. The Labute approximate surface area is 170 Å². The first kappa shape index (κ1) is 20.4. The lowest BCUT2D eigenvalue weighted by atomic mass is 10.1. The molecule has 1 aliphatic heterocycles. The molecule has 0 aliphatic carbocycles. The quantitative estimate of drug-likeness (QED) is 0.670. The van der Waals surface area contributed by atoms with Crippen LogP contribution in [0.15, 0.2) is 28.5 Å². The molecule has 0 saturated carbocycles. The van der Waals surface area contributed by atoms with Crippen molar-refractivity contribution < 1.29 is 27.8 Å². The lowest BCUT2D eigenvalue weighted by Gasteiger charge is -2.10. The van der Waals surface area contributed by atoms with Crippen molar-refractivity contribution in [2.24, 2.45) is 5.92 Å². The highest BCUT2D eigenvalue weighted by Crippen LogP contribution is 2.36. The van der Waals surface area contributed by atoms with Gasteiger partial charge in [-0.1, -0.05) is 29.3 Å². The predicted octanol–water partition coefficient (Wildman–Crippen LogP) is 3.93. The Bertz CT molecular complexity index is 929. The Hall–Kier alpha value is -1.32. The van der Waals surface area contributed by atoms with Gasteiger partial charge in [0.2, 0.25) is 0 Å². The number of sulfone groups is 1. The normalized spacial score (nSPS) is 17.2. The standard InChI is InChI=1S/C17H16Cl2O6S2/c18-13-6-15(26-16(13)19)27(22,23)9-10-1-2-12(14(20)5-10)17(21)25-8-11-3-4-24-7-11/h1-2,5-6,11,20H,3-4,7-9H2. The molecule has 1 saturated heterocycles. The van der Waals surface area contributed by atoms with Gasteiger partial charge in [-0.2, -0.15) is 0 Å². The van der Waals surface area contributed by atoms with Crippen molar-refractivity contribution in [1.29, 1.82) is 0 Å². The van der Waals surface area contributed by atoms with Crippen molar-refractivity contribution in [1.82, 2.24) is 0 Å². The van der Waals surface area contributed by atoms with Gasteiger partial charge in [0, 0.05) is 12.5 Å². The minimum absolute atomic E-state index is 0.0164. The van der Waals surface area contributed by atoms with E-state index in [2.05, 4.69) is 0 Å². The van der Waals surface area contributed by atoms with Crippen LogP contribution in [0.3, 0.4) is 0 Å². The van der Waals surface area contributed by atoms with Crippen LogP contribution in [0.1, 0.15) is 22.3 Å². The van der Waals surface area contributed by atoms with Crippen molar-refractivity contribution in [3.05, 3.63) is 44.8 Å². The summed E-state index contributed by atoms with van der Waals surface area (Å²) in [6.45, 7) is 1.42. The third-order valence-electron chi connectivity index (χ3n) is 4.04. The molecule has 0 amide bonds. The highest BCUT2D eigenvalue weighted by Gasteiger charge is 2.23. The monoisotopic (exact) mass is 450 g/mol. The fourth-order valence-electron chi connectivity index (χ4n) is 2.60. The van der Waals surface area contributed by atoms with Gasteiger partial charge in [-0.05, 0) is 30.2 Å². The van der Waals surface area contributed by atoms with E-state index in [1.807, 2.05) is 0 Å². The molecule has 0 bridgehead atoms. The van der Waals surface area contributed by atoms with Crippen LogP contribution in [0.5, 0.6) is 5.75 Å². The Morgan fingerprint density at radius 1 is 1.33 bits per heavy atom. The van der Waals surface area contributed by atoms with Gasteiger partial charge in [-0.15, -0.1) is 11.3 Å². The van der Waals surface area contributed by atoms with Gasteiger partial charge in [-0.3, -0.25) is 0 Å². The van der Waals surface area contributed by atoms with Crippen molar-refractivity contribution in [2.45, 2.75) is 16.4 Å². The zero-order chi connectivity index (χ0) is 19.6. The molecule has 1 unspecified atom stereocenters. The number of aromatic hydroxyl groups is 1. The second kappa shape index (κ2) is 8.36. The van der Waals surface area contributed by atoms with Crippen LogP contribution in [0.25, 0.3) is 0 Å². The summed E-state index contributed by atoms with van der Waals surface area (Å²) in [4.78, 5) is 12.1. The van der Waals surface area contributed by atoms with E-state index in [9.17, 15) is 18.3 Å². The number of carbonyl (C=O) groups excluding carboxylic acids is 1. The number of phenols is 1. The average molecular weight is 451 g/mol. The van der Waals surface area contributed by atoms with Crippen molar-refractivity contribution in [2.75, 3.05) is 19.8 Å². The second-order valence-electron chi connectivity index (χ2n) is 6.13. The third-order valence-corrected chi connectivity index (χ3v) is 8.16. The summed E-state index contributed by atoms with van der Waals surface area (Å²) >= 11 is 12.5. The van der Waals surface area contributed by atoms with Crippen molar-refractivity contribution in [3.8, 4) is 5.75 Å². The first-order valence-electron chi connectivity index (χ1n) is 8.00. The molecule has 0 spiro atoms. The smallest absolute Gasteiger partial charge is 0.341 e. The van der Waals surface area contributed by atoms with E-state index in [4.69, 9.17) is 32.7 Å². The second-order valence-corrected chi connectivity index (χ2v) is 10.4. The number of hydrogen-bond donors (Lipinski definition) is 1. The molecular weight excluding hydrogens is 435 g/mol. The number of benzene rings is 1. The summed E-state index contributed by atoms with van der Waals surface area (Å²) in [7, 11) is -3.68. The first-order chi connectivity index (χ1) is 12.8. The number of ether oxygens (including phenoxy) is 2. The number of halogens is 2. The van der Waals surface area contributed by atoms with Gasteiger partial charge in [0.1, 0.15) is 19.9 Å². The summed E-state index contributed by atoms with van der Waals surface area (Å²) in [5.74, 6) is -1.20. The minimum Gasteiger partial charge on any atom is -0.507 e. The number of hydrogen-bond acceptors (Lipinski definition) is 7. The molecular formula is C17H16Cl2O6S2. The number of phenolic OH excluding ortho intramolecular Hbond substituents is 1. The van der Waals surface area contributed by atoms with Gasteiger partial charge in [-0.25, -0.2) is 13.2 Å². The van der Waals surface area contributed by atoms with Gasteiger partial charge < -0.3 is 14.6 Å². The number of thiophene rings is 1. The Kier molecular flexibility index (Phi) is 6.32. The van der Waals surface area contributed by atoms with E-state index in [0.29, 0.717) is 18.8 Å². The maximum atomic E-state index is 12.5. The molecule has 1 aromatic carbocycles. The highest BCUT2D eigenvalue weighted by atomic mass is 35.5. The average Bonchev–Trinajstić information content (AvgIpc) is 3.23. The first-order valence-corrected chi connectivity index (χ1v) is 11.2. The van der Waals surface area contributed by atoms with E-state index < -0.39 is 15.8 Å². The fourth-order valence-corrected chi connectivity index (χ4v) is 5.89. The van der Waals surface area contributed by atoms with Gasteiger partial charge in [0.15, 0.2) is 9.84 Å². The predicted molar refractivity (Wildman–Crippen MR) is 103 cm³/mol. The number of rotatable bonds is 6. The summed E-state index contributed by atoms with van der Waals surface area (Å²) in [6.07, 6.45) is 0.826. The molecule has 3 rings (SSSR count). The minimum atomic E-state index is -3.68. The highest BCUT2D eigenvalue weighted by molar-refractivity contribution is 7.92. The summed E-state index contributed by atoms with van der Waals surface area (Å²) < 4.78 is 35.6. The molecule has 10 heteroatoms. The third kappa shape index (κ3) is 4.94. The van der Waals surface area contributed by atoms with Crippen LogP contribution in [-0.4, -0.2) is 39.3 Å². The van der Waals surface area contributed by atoms with Crippen LogP contribution in [-0.2, 0) is 25.1 Å². The van der Waals surface area contributed by atoms with Crippen LogP contribution < -0.4 is 0 Å². The molecule has 1 N–H and O–H groups in total. The van der Waals surface area contributed by atoms with Crippen molar-refractivity contribution in [3.63, 3.8) is 0 Å². The molecule has 146 valence electrons. The van der Waals surface area contributed by atoms with Crippen LogP contribution in [0.4, 0.5) is 0 Å². The van der Waals surface area contributed by atoms with Crippen molar-refractivity contribution >= 4 is 50.3 Å². The van der Waals surface area contributed by atoms with E-state index in [1.54, 1.807) is 0 Å². The molecule has 27 heavy (non-hydrogen) atoms. The molecule has 2 heterocycles. The Morgan fingerprint density at radius 2 is 2.11 bits per heavy atom. The van der Waals surface area contributed by atoms with E-state index in [0.717, 1.165) is 17.8 Å². The summed E-state index contributed by atoms with van der Waals surface area (Å²) in [6, 6.07) is 5.34. The van der Waals surface area contributed by atoms with Gasteiger partial charge in [0.25, 0.3) is 0 Å².